The summed E-state index contributed by atoms with van der Waals surface area (Å²) in [6.07, 6.45) is 19.0. The molecule has 0 heterocycles. The highest BCUT2D eigenvalue weighted by molar-refractivity contribution is 5.51. The minimum atomic E-state index is -0.188. The molecule has 0 saturated carbocycles. The molecule has 0 bridgehead atoms. The molecule has 0 spiro atoms. The molecule has 42 heavy (non-hydrogen) atoms. The van der Waals surface area contributed by atoms with E-state index in [1.807, 2.05) is 24.3 Å². The molecule has 0 aliphatic heterocycles. The highest BCUT2D eigenvalue weighted by atomic mass is 19.1. The monoisotopic (exact) mass is 570 g/mol. The van der Waals surface area contributed by atoms with Crippen molar-refractivity contribution in [3.63, 3.8) is 0 Å². The van der Waals surface area contributed by atoms with Gasteiger partial charge >= 0.3 is 0 Å². The van der Waals surface area contributed by atoms with E-state index in [1.165, 1.54) is 68.1 Å². The van der Waals surface area contributed by atoms with Gasteiger partial charge in [0.1, 0.15) is 5.82 Å². The average molecular weight is 571 g/mol. The van der Waals surface area contributed by atoms with Gasteiger partial charge in [0.2, 0.25) is 0 Å². The number of aryl methyl sites for hydroxylation is 1. The summed E-state index contributed by atoms with van der Waals surface area (Å²) >= 11 is 0. The van der Waals surface area contributed by atoms with Crippen molar-refractivity contribution in [2.75, 3.05) is 0 Å². The van der Waals surface area contributed by atoms with E-state index in [2.05, 4.69) is 90.2 Å². The van der Waals surface area contributed by atoms with Crippen LogP contribution in [0.4, 0.5) is 4.39 Å². The van der Waals surface area contributed by atoms with Gasteiger partial charge in [-0.3, -0.25) is 0 Å². The van der Waals surface area contributed by atoms with Crippen molar-refractivity contribution in [3.8, 4) is 0 Å². The topological polar surface area (TPSA) is 0 Å². The Morgan fingerprint density at radius 2 is 1.21 bits per heavy atom. The quantitative estimate of drug-likeness (QED) is 0.151. The fourth-order valence-corrected chi connectivity index (χ4v) is 6.09. The first kappa shape index (κ1) is 35.3. The molecule has 0 N–H and O–H groups in total. The lowest BCUT2D eigenvalue weighted by molar-refractivity contribution is 0.233. The first-order valence-electron chi connectivity index (χ1n) is 16.5. The van der Waals surface area contributed by atoms with Crippen LogP contribution < -0.4 is 0 Å². The van der Waals surface area contributed by atoms with E-state index >= 15 is 0 Å². The van der Waals surface area contributed by atoms with E-state index in [4.69, 9.17) is 0 Å². The van der Waals surface area contributed by atoms with Crippen molar-refractivity contribution < 1.29 is 5.82 Å². The van der Waals surface area contributed by atoms with Crippen molar-refractivity contribution >= 4 is 12.2 Å². The fraction of sp³-hybridized carbons (Fsp3) is 0.463. The lowest BCUT2D eigenvalue weighted by Crippen LogP contribution is -2.15. The standard InChI is InChI=1S/C28H29F.C13H28.H2/c1-4-7-25-18-22(6-3)14-17-28(25)26(20-24-12-15-27(29)16-13-24)19-23-10-8-21(5-2)9-11-23;1-5-8-11-13(4,10-7-3)12-9-6-2;/h5-6,8-18,26H,2-4,7,19-20H2,1H3;5-12H2,1-4H3;1H. The lowest BCUT2D eigenvalue weighted by Gasteiger charge is -2.29. The minimum Gasteiger partial charge on any atom is -0.207 e. The molecule has 0 amide bonds. The third-order valence-electron chi connectivity index (χ3n) is 8.58. The first-order chi connectivity index (χ1) is 20.3. The zero-order valence-corrected chi connectivity index (χ0v) is 27.4. The molecule has 0 aliphatic carbocycles. The van der Waals surface area contributed by atoms with Crippen LogP contribution in [0.5, 0.6) is 0 Å². The number of hydrogen-bond donors (Lipinski definition) is 0. The molecular weight excluding hydrogens is 511 g/mol. The molecule has 3 aromatic rings. The molecule has 1 heteroatoms. The van der Waals surface area contributed by atoms with E-state index in [1.54, 1.807) is 12.1 Å². The predicted molar refractivity (Wildman–Crippen MR) is 188 cm³/mol. The normalized spacial score (nSPS) is 11.9. The van der Waals surface area contributed by atoms with E-state index in [0.29, 0.717) is 11.3 Å². The Morgan fingerprint density at radius 1 is 0.690 bits per heavy atom. The maximum atomic E-state index is 13.4. The zero-order chi connectivity index (χ0) is 30.8. The average Bonchev–Trinajstić information content (AvgIpc) is 3.01. The third kappa shape index (κ3) is 12.1. The summed E-state index contributed by atoms with van der Waals surface area (Å²) in [5.74, 6) is 0.141. The van der Waals surface area contributed by atoms with Crippen LogP contribution in [0.25, 0.3) is 12.2 Å². The van der Waals surface area contributed by atoms with Crippen LogP contribution in [0.15, 0.2) is 79.9 Å². The smallest absolute Gasteiger partial charge is 0.123 e. The number of rotatable bonds is 17. The van der Waals surface area contributed by atoms with Crippen LogP contribution in [-0.4, -0.2) is 0 Å². The van der Waals surface area contributed by atoms with Crippen LogP contribution in [0.3, 0.4) is 0 Å². The highest BCUT2D eigenvalue weighted by Crippen LogP contribution is 2.35. The van der Waals surface area contributed by atoms with Crippen LogP contribution in [0, 0.1) is 11.2 Å². The van der Waals surface area contributed by atoms with Crippen molar-refractivity contribution in [1.82, 2.24) is 0 Å². The van der Waals surface area contributed by atoms with E-state index in [0.717, 1.165) is 42.4 Å². The van der Waals surface area contributed by atoms with Crippen molar-refractivity contribution in [2.45, 2.75) is 118 Å². The predicted octanol–water partition coefficient (Wildman–Crippen LogP) is 13.1. The molecule has 1 unspecified atom stereocenters. The molecule has 0 aliphatic rings. The Labute approximate surface area is 259 Å². The Balaban J connectivity index is 0.000000562. The summed E-state index contributed by atoms with van der Waals surface area (Å²) in [5.41, 5.74) is 8.18. The van der Waals surface area contributed by atoms with Gasteiger partial charge in [-0.25, -0.2) is 4.39 Å². The van der Waals surface area contributed by atoms with Crippen LogP contribution in [-0.2, 0) is 19.3 Å². The van der Waals surface area contributed by atoms with Crippen molar-refractivity contribution in [3.05, 3.63) is 119 Å². The molecule has 3 aromatic carbocycles. The number of halogens is 1. The summed E-state index contributed by atoms with van der Waals surface area (Å²) in [7, 11) is 0. The van der Waals surface area contributed by atoms with Gasteiger partial charge in [0.25, 0.3) is 0 Å². The van der Waals surface area contributed by atoms with Crippen LogP contribution >= 0.6 is 0 Å². The minimum absolute atomic E-state index is 0. The summed E-state index contributed by atoms with van der Waals surface area (Å²) in [4.78, 5) is 0. The fourth-order valence-electron chi connectivity index (χ4n) is 6.09. The summed E-state index contributed by atoms with van der Waals surface area (Å²) in [5, 5.41) is 0. The van der Waals surface area contributed by atoms with Gasteiger partial charge in [-0.1, -0.05) is 153 Å². The van der Waals surface area contributed by atoms with Gasteiger partial charge < -0.3 is 0 Å². The Kier molecular flexibility index (Phi) is 16.2. The van der Waals surface area contributed by atoms with Crippen molar-refractivity contribution in [2.24, 2.45) is 5.41 Å². The van der Waals surface area contributed by atoms with Gasteiger partial charge in [0.15, 0.2) is 0 Å². The van der Waals surface area contributed by atoms with Gasteiger partial charge in [0.05, 0.1) is 0 Å². The maximum Gasteiger partial charge on any atom is 0.123 e. The Morgan fingerprint density at radius 3 is 1.69 bits per heavy atom. The largest absolute Gasteiger partial charge is 0.207 e. The Hall–Kier alpha value is -2.93. The molecule has 0 radical (unpaired) electrons. The number of unbranched alkanes of at least 4 members (excludes halogenated alkanes) is 2. The SMILES string of the molecule is C=Cc1ccc(CC(Cc2ccc(F)cc2)c2ccc(C=C)cc2CCC)cc1.CCCCC(C)(CCC)CCCC.[HH]. The van der Waals surface area contributed by atoms with Gasteiger partial charge in [-0.2, -0.15) is 0 Å². The summed E-state index contributed by atoms with van der Waals surface area (Å²) < 4.78 is 13.4. The van der Waals surface area contributed by atoms with E-state index in [9.17, 15) is 4.39 Å². The third-order valence-corrected chi connectivity index (χ3v) is 8.58. The van der Waals surface area contributed by atoms with Gasteiger partial charge in [0, 0.05) is 1.43 Å². The Bertz CT molecular complexity index is 1170. The molecule has 3 rings (SSSR count). The first-order valence-corrected chi connectivity index (χ1v) is 16.5. The van der Waals surface area contributed by atoms with E-state index in [-0.39, 0.29) is 7.24 Å². The summed E-state index contributed by atoms with van der Waals surface area (Å²) in [6.45, 7) is 19.4. The number of hydrogen-bond acceptors (Lipinski definition) is 0. The van der Waals surface area contributed by atoms with Crippen LogP contribution in [0.1, 0.15) is 133 Å². The highest BCUT2D eigenvalue weighted by Gasteiger charge is 2.21. The molecule has 0 fully saturated rings. The van der Waals surface area contributed by atoms with Gasteiger partial charge in [-0.15, -0.1) is 0 Å². The second-order valence-corrected chi connectivity index (χ2v) is 12.4. The molecule has 0 nitrogen and oxygen atoms in total. The van der Waals surface area contributed by atoms with E-state index < -0.39 is 0 Å². The molecule has 230 valence electrons. The molecule has 0 aromatic heterocycles. The van der Waals surface area contributed by atoms with Crippen LogP contribution in [0.2, 0.25) is 0 Å². The van der Waals surface area contributed by atoms with Crippen molar-refractivity contribution in [1.29, 1.82) is 0 Å². The lowest BCUT2D eigenvalue weighted by atomic mass is 9.77. The second-order valence-electron chi connectivity index (χ2n) is 12.4. The molecule has 0 saturated heterocycles. The zero-order valence-electron chi connectivity index (χ0n) is 27.4. The molecular formula is C41H59F. The summed E-state index contributed by atoms with van der Waals surface area (Å²) in [6, 6.07) is 22.2. The molecule has 1 atom stereocenters. The maximum absolute atomic E-state index is 13.4. The van der Waals surface area contributed by atoms with Gasteiger partial charge in [-0.05, 0) is 95.4 Å². The second kappa shape index (κ2) is 19.3. The number of benzene rings is 3.